The van der Waals surface area contributed by atoms with Gasteiger partial charge in [-0.3, -0.25) is 9.52 Å². The summed E-state index contributed by atoms with van der Waals surface area (Å²) in [5, 5.41) is 4.64. The van der Waals surface area contributed by atoms with Gasteiger partial charge < -0.3 is 10.2 Å². The number of thiophene rings is 1. The molecule has 2 heterocycles. The number of sulfonamides is 1. The minimum absolute atomic E-state index is 0.156. The molecule has 174 valence electrons. The van der Waals surface area contributed by atoms with E-state index >= 15 is 0 Å². The molecule has 0 saturated carbocycles. The molecule has 33 heavy (non-hydrogen) atoms. The van der Waals surface area contributed by atoms with Crippen LogP contribution >= 0.6 is 11.3 Å². The lowest BCUT2D eigenvalue weighted by Crippen LogP contribution is -2.22. The normalized spacial score (nSPS) is 13.9. The third-order valence-electron chi connectivity index (χ3n) is 5.81. The molecule has 6 nitrogen and oxygen atoms in total. The molecule has 1 amide bonds. The Morgan fingerprint density at radius 1 is 1.06 bits per heavy atom. The van der Waals surface area contributed by atoms with E-state index in [-0.39, 0.29) is 15.5 Å². The number of halogens is 1. The Kier molecular flexibility index (Phi) is 6.45. The zero-order valence-corrected chi connectivity index (χ0v) is 20.4. The molecule has 0 bridgehead atoms. The van der Waals surface area contributed by atoms with Crippen LogP contribution in [-0.2, 0) is 10.0 Å². The largest absolute Gasteiger partial charge is 0.371 e. The highest BCUT2D eigenvalue weighted by Crippen LogP contribution is 2.36. The molecule has 4 rings (SSSR count). The van der Waals surface area contributed by atoms with Crippen LogP contribution in [0.2, 0.25) is 0 Å². The average Bonchev–Trinajstić information content (AvgIpc) is 3.43. The van der Waals surface area contributed by atoms with Crippen LogP contribution in [0.25, 0.3) is 0 Å². The van der Waals surface area contributed by atoms with Crippen LogP contribution in [0.15, 0.2) is 46.7 Å². The third kappa shape index (κ3) is 4.74. The summed E-state index contributed by atoms with van der Waals surface area (Å²) in [5.41, 5.74) is 5.15. The topological polar surface area (TPSA) is 78.5 Å². The number of nitrogens with one attached hydrogen (secondary N) is 2. The molecule has 1 fully saturated rings. The number of hydrogen-bond acceptors (Lipinski definition) is 5. The maximum Gasteiger partial charge on any atom is 0.267 e. The number of carbonyl (C=O) groups is 1. The van der Waals surface area contributed by atoms with Crippen molar-refractivity contribution in [3.63, 3.8) is 0 Å². The number of amides is 1. The Morgan fingerprint density at radius 2 is 1.79 bits per heavy atom. The maximum absolute atomic E-state index is 13.5. The Labute approximate surface area is 197 Å². The monoisotopic (exact) mass is 487 g/mol. The van der Waals surface area contributed by atoms with Crippen LogP contribution in [-0.4, -0.2) is 27.4 Å². The van der Waals surface area contributed by atoms with E-state index in [4.69, 9.17) is 0 Å². The van der Waals surface area contributed by atoms with E-state index in [2.05, 4.69) is 27.9 Å². The summed E-state index contributed by atoms with van der Waals surface area (Å²) in [5.74, 6) is -1.05. The first-order chi connectivity index (χ1) is 15.7. The van der Waals surface area contributed by atoms with Crippen molar-refractivity contribution in [2.24, 2.45) is 0 Å². The molecule has 1 aromatic heterocycles. The van der Waals surface area contributed by atoms with Gasteiger partial charge in [0.15, 0.2) is 0 Å². The summed E-state index contributed by atoms with van der Waals surface area (Å²) in [7, 11) is -4.04. The van der Waals surface area contributed by atoms with Gasteiger partial charge in [0.25, 0.3) is 15.9 Å². The molecular weight excluding hydrogens is 461 g/mol. The van der Waals surface area contributed by atoms with Crippen LogP contribution in [0.5, 0.6) is 0 Å². The molecular formula is C24H26FN3O3S2. The lowest BCUT2D eigenvalue weighted by atomic mass is 10.0. The number of carbonyl (C=O) groups excluding carboxylic acids is 1. The van der Waals surface area contributed by atoms with Crippen LogP contribution in [0.4, 0.5) is 21.5 Å². The quantitative estimate of drug-likeness (QED) is 0.484. The number of rotatable bonds is 6. The number of hydrogen-bond donors (Lipinski definition) is 2. The minimum Gasteiger partial charge on any atom is -0.371 e. The fraction of sp³-hybridized carbons (Fsp3) is 0.292. The van der Waals surface area contributed by atoms with Crippen molar-refractivity contribution in [2.45, 2.75) is 38.5 Å². The standard InChI is InChI=1S/C24H26FN3O3S2/c1-15-13-16(2)22(28-10-4-5-11-28)17(3)21(15)26-24(29)23-20(9-12-32-23)27-33(30,31)19-8-6-7-18(25)14-19/h6-9,12-14,27H,4-5,10-11H2,1-3H3,(H,26,29). The van der Waals surface area contributed by atoms with E-state index in [1.54, 1.807) is 5.38 Å². The van der Waals surface area contributed by atoms with Gasteiger partial charge in [-0.15, -0.1) is 11.3 Å². The van der Waals surface area contributed by atoms with Gasteiger partial charge in [-0.1, -0.05) is 12.1 Å². The molecule has 0 aliphatic carbocycles. The van der Waals surface area contributed by atoms with Crippen molar-refractivity contribution in [3.8, 4) is 0 Å². The van der Waals surface area contributed by atoms with Gasteiger partial charge in [0.05, 0.1) is 10.6 Å². The zero-order chi connectivity index (χ0) is 23.8. The van der Waals surface area contributed by atoms with Crippen LogP contribution in [0, 0.1) is 26.6 Å². The van der Waals surface area contributed by atoms with E-state index in [1.807, 2.05) is 13.8 Å². The Balaban J connectivity index is 1.61. The predicted octanol–water partition coefficient (Wildman–Crippen LogP) is 5.47. The first-order valence-corrected chi connectivity index (χ1v) is 13.1. The van der Waals surface area contributed by atoms with Crippen molar-refractivity contribution in [1.29, 1.82) is 0 Å². The van der Waals surface area contributed by atoms with Gasteiger partial charge in [0.2, 0.25) is 0 Å². The van der Waals surface area contributed by atoms with Crippen molar-refractivity contribution in [1.82, 2.24) is 0 Å². The minimum atomic E-state index is -4.04. The summed E-state index contributed by atoms with van der Waals surface area (Å²) in [6.07, 6.45) is 2.30. The van der Waals surface area contributed by atoms with Crippen molar-refractivity contribution < 1.29 is 17.6 Å². The Hall–Kier alpha value is -2.91. The summed E-state index contributed by atoms with van der Waals surface area (Å²) < 4.78 is 41.4. The number of benzene rings is 2. The molecule has 2 aromatic carbocycles. The van der Waals surface area contributed by atoms with Gasteiger partial charge in [0.1, 0.15) is 10.7 Å². The molecule has 1 aliphatic rings. The number of nitrogens with zero attached hydrogens (tertiary/aromatic N) is 1. The predicted molar refractivity (Wildman–Crippen MR) is 132 cm³/mol. The second-order valence-corrected chi connectivity index (χ2v) is 10.8. The smallest absolute Gasteiger partial charge is 0.267 e. The molecule has 9 heteroatoms. The fourth-order valence-electron chi connectivity index (χ4n) is 4.37. The highest BCUT2D eigenvalue weighted by Gasteiger charge is 2.24. The maximum atomic E-state index is 13.5. The second kappa shape index (κ2) is 9.15. The lowest BCUT2D eigenvalue weighted by Gasteiger charge is -2.26. The van der Waals surface area contributed by atoms with E-state index in [9.17, 15) is 17.6 Å². The first kappa shape index (κ1) is 23.3. The molecule has 0 atom stereocenters. The van der Waals surface area contributed by atoms with Crippen molar-refractivity contribution in [2.75, 3.05) is 28.0 Å². The third-order valence-corrected chi connectivity index (χ3v) is 8.09. The van der Waals surface area contributed by atoms with Crippen LogP contribution in [0.3, 0.4) is 0 Å². The Morgan fingerprint density at radius 3 is 2.48 bits per heavy atom. The number of aryl methyl sites for hydroxylation is 2. The molecule has 0 radical (unpaired) electrons. The van der Waals surface area contributed by atoms with E-state index < -0.39 is 21.7 Å². The molecule has 1 aliphatic heterocycles. The highest BCUT2D eigenvalue weighted by atomic mass is 32.2. The zero-order valence-electron chi connectivity index (χ0n) is 18.7. The second-order valence-electron chi connectivity index (χ2n) is 8.23. The Bertz CT molecular complexity index is 1310. The molecule has 3 aromatic rings. The van der Waals surface area contributed by atoms with Gasteiger partial charge in [-0.25, -0.2) is 12.8 Å². The van der Waals surface area contributed by atoms with Crippen molar-refractivity contribution in [3.05, 3.63) is 69.2 Å². The first-order valence-electron chi connectivity index (χ1n) is 10.7. The molecule has 1 saturated heterocycles. The van der Waals surface area contributed by atoms with Crippen LogP contribution in [0.1, 0.15) is 39.2 Å². The average molecular weight is 488 g/mol. The summed E-state index contributed by atoms with van der Waals surface area (Å²) in [6.45, 7) is 8.03. The summed E-state index contributed by atoms with van der Waals surface area (Å²) in [4.78, 5) is 15.6. The van der Waals surface area contributed by atoms with Crippen LogP contribution < -0.4 is 14.9 Å². The molecule has 0 spiro atoms. The van der Waals surface area contributed by atoms with Gasteiger partial charge in [0, 0.05) is 24.5 Å². The highest BCUT2D eigenvalue weighted by molar-refractivity contribution is 7.92. The van der Waals surface area contributed by atoms with E-state index in [1.165, 1.54) is 29.8 Å². The summed E-state index contributed by atoms with van der Waals surface area (Å²) >= 11 is 1.14. The fourth-order valence-corrected chi connectivity index (χ4v) is 6.28. The number of anilines is 3. The van der Waals surface area contributed by atoms with Gasteiger partial charge in [-0.05, 0) is 79.9 Å². The van der Waals surface area contributed by atoms with Gasteiger partial charge in [-0.2, -0.15) is 0 Å². The van der Waals surface area contributed by atoms with Crippen molar-refractivity contribution >= 4 is 44.3 Å². The lowest BCUT2D eigenvalue weighted by molar-refractivity contribution is 0.103. The molecule has 2 N–H and O–H groups in total. The summed E-state index contributed by atoms with van der Waals surface area (Å²) in [6, 6.07) is 8.33. The van der Waals surface area contributed by atoms with E-state index in [0.717, 1.165) is 65.8 Å². The SMILES string of the molecule is Cc1cc(C)c(N2CCCC2)c(C)c1NC(=O)c1sccc1NS(=O)(=O)c1cccc(F)c1. The van der Waals surface area contributed by atoms with E-state index in [0.29, 0.717) is 0 Å². The molecule has 0 unspecified atom stereocenters. The van der Waals surface area contributed by atoms with Gasteiger partial charge >= 0.3 is 0 Å².